The Kier molecular flexibility index (Phi) is 7.31. The fourth-order valence-electron chi connectivity index (χ4n) is 1.58. The van der Waals surface area contributed by atoms with Gasteiger partial charge in [0.05, 0.1) is 12.7 Å². The number of nitrogens with one attached hydrogen (secondary N) is 1. The van der Waals surface area contributed by atoms with Gasteiger partial charge < -0.3 is 10.1 Å². The summed E-state index contributed by atoms with van der Waals surface area (Å²) in [6, 6.07) is 5.56. The third-order valence-electron chi connectivity index (χ3n) is 2.69. The van der Waals surface area contributed by atoms with E-state index in [1.165, 1.54) is 0 Å². The second kappa shape index (κ2) is 8.48. The van der Waals surface area contributed by atoms with Crippen LogP contribution in [-0.2, 0) is 0 Å². The molecule has 1 N–H and O–H groups in total. The molecule has 106 valence electrons. The Hall–Kier alpha value is -0.680. The molecule has 0 radical (unpaired) electrons. The molecule has 1 rings (SSSR count). The molecule has 1 amide bonds. The van der Waals surface area contributed by atoms with Gasteiger partial charge in [0.25, 0.3) is 5.91 Å². The Balaban J connectivity index is 2.62. The summed E-state index contributed by atoms with van der Waals surface area (Å²) in [5.74, 6) is 2.79. The van der Waals surface area contributed by atoms with Crippen molar-refractivity contribution < 1.29 is 9.53 Å². The Bertz CT molecular complexity index is 426. The van der Waals surface area contributed by atoms with E-state index in [0.717, 1.165) is 22.4 Å². The number of amides is 1. The van der Waals surface area contributed by atoms with Crippen LogP contribution in [0.1, 0.15) is 30.6 Å². The van der Waals surface area contributed by atoms with E-state index in [1.54, 1.807) is 13.2 Å². The van der Waals surface area contributed by atoms with Gasteiger partial charge in [0.15, 0.2) is 0 Å². The number of methoxy groups -OCH3 is 1. The molecule has 0 heterocycles. The Morgan fingerprint density at radius 2 is 2.26 bits per heavy atom. The highest BCUT2D eigenvalue weighted by molar-refractivity contribution is 9.10. The van der Waals surface area contributed by atoms with Gasteiger partial charge in [-0.05, 0) is 59.0 Å². The number of benzene rings is 1. The van der Waals surface area contributed by atoms with Crippen molar-refractivity contribution in [3.05, 3.63) is 28.2 Å². The van der Waals surface area contributed by atoms with Crippen molar-refractivity contribution in [1.82, 2.24) is 5.32 Å². The molecule has 0 saturated carbocycles. The molecule has 0 saturated heterocycles. The summed E-state index contributed by atoms with van der Waals surface area (Å²) >= 11 is 5.28. The summed E-state index contributed by atoms with van der Waals surface area (Å²) in [6.45, 7) is 4.17. The zero-order chi connectivity index (χ0) is 14.3. The highest BCUT2D eigenvalue weighted by Gasteiger charge is 2.13. The van der Waals surface area contributed by atoms with Crippen molar-refractivity contribution in [2.24, 2.45) is 0 Å². The van der Waals surface area contributed by atoms with Gasteiger partial charge in [0.2, 0.25) is 0 Å². The quantitative estimate of drug-likeness (QED) is 0.765. The van der Waals surface area contributed by atoms with Gasteiger partial charge in [-0.25, -0.2) is 0 Å². The summed E-state index contributed by atoms with van der Waals surface area (Å²) in [7, 11) is 1.59. The second-order valence-corrected chi connectivity index (χ2v) is 6.45. The number of halogens is 1. The van der Waals surface area contributed by atoms with Gasteiger partial charge in [0.1, 0.15) is 5.75 Å². The summed E-state index contributed by atoms with van der Waals surface area (Å²) in [6.07, 6.45) is 0.978. The first-order valence-corrected chi connectivity index (χ1v) is 8.25. The van der Waals surface area contributed by atoms with E-state index < -0.39 is 0 Å². The normalized spacial score (nSPS) is 12.0. The maximum atomic E-state index is 12.2. The van der Waals surface area contributed by atoms with Crippen LogP contribution in [0.2, 0.25) is 0 Å². The van der Waals surface area contributed by atoms with Crippen molar-refractivity contribution in [3.63, 3.8) is 0 Å². The molecule has 3 nitrogen and oxygen atoms in total. The zero-order valence-electron chi connectivity index (χ0n) is 11.5. The monoisotopic (exact) mass is 345 g/mol. The van der Waals surface area contributed by atoms with E-state index in [2.05, 4.69) is 28.2 Å². The second-order valence-electron chi connectivity index (χ2n) is 4.21. The lowest BCUT2D eigenvalue weighted by molar-refractivity contribution is 0.0938. The smallest absolute Gasteiger partial charge is 0.252 e. The molecular weight excluding hydrogens is 326 g/mol. The Morgan fingerprint density at radius 3 is 2.89 bits per heavy atom. The minimum atomic E-state index is -0.0697. The predicted molar refractivity (Wildman–Crippen MR) is 85.2 cm³/mol. The van der Waals surface area contributed by atoms with Crippen LogP contribution in [-0.4, -0.2) is 30.6 Å². The van der Waals surface area contributed by atoms with E-state index in [9.17, 15) is 4.79 Å². The van der Waals surface area contributed by atoms with Gasteiger partial charge in [-0.2, -0.15) is 11.8 Å². The zero-order valence-corrected chi connectivity index (χ0v) is 13.9. The highest BCUT2D eigenvalue weighted by Crippen LogP contribution is 2.22. The van der Waals surface area contributed by atoms with Crippen LogP contribution in [0.4, 0.5) is 0 Å². The first-order valence-electron chi connectivity index (χ1n) is 6.30. The number of ether oxygens (including phenoxy) is 1. The van der Waals surface area contributed by atoms with Gasteiger partial charge in [-0.15, -0.1) is 0 Å². The van der Waals surface area contributed by atoms with Crippen LogP contribution < -0.4 is 10.1 Å². The van der Waals surface area contributed by atoms with Crippen LogP contribution in [0.5, 0.6) is 5.75 Å². The average molecular weight is 346 g/mol. The van der Waals surface area contributed by atoms with Gasteiger partial charge >= 0.3 is 0 Å². The third kappa shape index (κ3) is 5.45. The minimum Gasteiger partial charge on any atom is -0.497 e. The largest absolute Gasteiger partial charge is 0.497 e. The van der Waals surface area contributed by atoms with Crippen molar-refractivity contribution in [1.29, 1.82) is 0 Å². The third-order valence-corrected chi connectivity index (χ3v) is 4.32. The van der Waals surface area contributed by atoms with E-state index in [0.29, 0.717) is 11.3 Å². The molecule has 0 aliphatic carbocycles. The molecule has 5 heteroatoms. The molecule has 0 bridgehead atoms. The van der Waals surface area contributed by atoms with Crippen LogP contribution in [0.3, 0.4) is 0 Å². The van der Waals surface area contributed by atoms with Crippen molar-refractivity contribution in [3.8, 4) is 5.75 Å². The maximum absolute atomic E-state index is 12.2. The van der Waals surface area contributed by atoms with Crippen LogP contribution in [0.15, 0.2) is 22.7 Å². The Morgan fingerprint density at radius 1 is 1.53 bits per heavy atom. The molecule has 1 aromatic rings. The highest BCUT2D eigenvalue weighted by atomic mass is 79.9. The summed E-state index contributed by atoms with van der Waals surface area (Å²) in [5.41, 5.74) is 0.606. The first kappa shape index (κ1) is 16.4. The van der Waals surface area contributed by atoms with Crippen LogP contribution in [0.25, 0.3) is 0 Å². The fourth-order valence-corrected chi connectivity index (χ4v) is 2.82. The SMILES string of the molecule is CCSCCC(C)NC(=O)c1cc(OC)ccc1Br. The molecule has 0 spiro atoms. The molecule has 19 heavy (non-hydrogen) atoms. The number of carbonyl (C=O) groups is 1. The number of thioether (sulfide) groups is 1. The molecule has 1 unspecified atom stereocenters. The number of hydrogen-bond acceptors (Lipinski definition) is 3. The van der Waals surface area contributed by atoms with Gasteiger partial charge in [-0.3, -0.25) is 4.79 Å². The van der Waals surface area contributed by atoms with Crippen LogP contribution >= 0.6 is 27.7 Å². The van der Waals surface area contributed by atoms with E-state index in [4.69, 9.17) is 4.74 Å². The fraction of sp³-hybridized carbons (Fsp3) is 0.500. The lowest BCUT2D eigenvalue weighted by Gasteiger charge is -2.14. The summed E-state index contributed by atoms with van der Waals surface area (Å²) < 4.78 is 5.92. The van der Waals surface area contributed by atoms with Gasteiger partial charge in [-0.1, -0.05) is 6.92 Å². The lowest BCUT2D eigenvalue weighted by atomic mass is 10.1. The van der Waals surface area contributed by atoms with Crippen molar-refractivity contribution >= 4 is 33.6 Å². The minimum absolute atomic E-state index is 0.0697. The molecule has 0 aliphatic rings. The molecule has 0 aliphatic heterocycles. The van der Waals surface area contributed by atoms with E-state index >= 15 is 0 Å². The molecule has 0 aromatic heterocycles. The molecular formula is C14H20BrNO2S. The maximum Gasteiger partial charge on any atom is 0.252 e. The topological polar surface area (TPSA) is 38.3 Å². The number of rotatable bonds is 7. The van der Waals surface area contributed by atoms with Gasteiger partial charge in [0, 0.05) is 10.5 Å². The summed E-state index contributed by atoms with van der Waals surface area (Å²) in [5, 5.41) is 3.01. The van der Waals surface area contributed by atoms with Crippen LogP contribution in [0, 0.1) is 0 Å². The van der Waals surface area contributed by atoms with E-state index in [-0.39, 0.29) is 11.9 Å². The molecule has 0 fully saturated rings. The number of carbonyl (C=O) groups excluding carboxylic acids is 1. The van der Waals surface area contributed by atoms with Crippen molar-refractivity contribution in [2.75, 3.05) is 18.6 Å². The first-order chi connectivity index (χ1) is 9.08. The molecule has 1 aromatic carbocycles. The van der Waals surface area contributed by atoms with Crippen molar-refractivity contribution in [2.45, 2.75) is 26.3 Å². The standard InChI is InChI=1S/C14H20BrNO2S/c1-4-19-8-7-10(2)16-14(17)12-9-11(18-3)5-6-13(12)15/h5-6,9-10H,4,7-8H2,1-3H3,(H,16,17). The average Bonchev–Trinajstić information content (AvgIpc) is 2.39. The van der Waals surface area contributed by atoms with E-state index in [1.807, 2.05) is 30.8 Å². The predicted octanol–water partition coefficient (Wildman–Crippen LogP) is 3.72. The summed E-state index contributed by atoms with van der Waals surface area (Å²) in [4.78, 5) is 12.2. The lowest BCUT2D eigenvalue weighted by Crippen LogP contribution is -2.33. The molecule has 1 atom stereocenters. The Labute approximate surface area is 127 Å². The number of hydrogen-bond donors (Lipinski definition) is 1.